The number of methoxy groups -OCH3 is 1. The highest BCUT2D eigenvalue weighted by Gasteiger charge is 2.44. The van der Waals surface area contributed by atoms with Crippen LogP contribution in [0.5, 0.6) is 17.2 Å². The Morgan fingerprint density at radius 3 is 2.83 bits per heavy atom. The zero-order valence-electron chi connectivity index (χ0n) is 20.1. The van der Waals surface area contributed by atoms with E-state index in [1.807, 2.05) is 29.2 Å². The molecule has 184 valence electrons. The van der Waals surface area contributed by atoms with Crippen LogP contribution in [0.4, 0.5) is 0 Å². The zero-order valence-corrected chi connectivity index (χ0v) is 20.1. The van der Waals surface area contributed by atoms with Crippen LogP contribution >= 0.6 is 0 Å². The van der Waals surface area contributed by atoms with Gasteiger partial charge < -0.3 is 24.2 Å². The third-order valence-electron chi connectivity index (χ3n) is 6.71. The topological polar surface area (TPSA) is 96.9 Å². The lowest BCUT2D eigenvalue weighted by atomic mass is 9.95. The van der Waals surface area contributed by atoms with Crippen molar-refractivity contribution in [2.24, 2.45) is 0 Å². The molecule has 0 bridgehead atoms. The summed E-state index contributed by atoms with van der Waals surface area (Å²) < 4.78 is 17.5. The maximum Gasteiger partial charge on any atom is 0.273 e. The van der Waals surface area contributed by atoms with Gasteiger partial charge in [0.1, 0.15) is 17.1 Å². The lowest BCUT2D eigenvalue weighted by Gasteiger charge is -2.29. The number of hydrogen-bond acceptors (Lipinski definition) is 6. The summed E-state index contributed by atoms with van der Waals surface area (Å²) in [6.45, 7) is 3.92. The van der Waals surface area contributed by atoms with Crippen molar-refractivity contribution in [3.05, 3.63) is 59.3 Å². The Labute approximate surface area is 204 Å². The number of unbranched alkanes of at least 4 members (excludes halogenated alkanes) is 1. The Morgan fingerprint density at radius 1 is 1.23 bits per heavy atom. The maximum atomic E-state index is 13.6. The van der Waals surface area contributed by atoms with Crippen LogP contribution in [0.3, 0.4) is 0 Å². The molecule has 2 aromatic carbocycles. The van der Waals surface area contributed by atoms with Crippen molar-refractivity contribution in [3.8, 4) is 28.5 Å². The summed E-state index contributed by atoms with van der Waals surface area (Å²) in [6, 6.07) is 12.4. The van der Waals surface area contributed by atoms with Crippen molar-refractivity contribution in [1.29, 1.82) is 0 Å². The number of carbonyl (C=O) groups excluding carboxylic acids is 1. The molecule has 2 aliphatic heterocycles. The Hall–Kier alpha value is -3.52. The van der Waals surface area contributed by atoms with Gasteiger partial charge in [-0.1, -0.05) is 31.5 Å². The summed E-state index contributed by atoms with van der Waals surface area (Å²) in [5, 5.41) is 17.9. The number of nitrogens with zero attached hydrogens (tertiary/aromatic N) is 2. The molecule has 0 aliphatic carbocycles. The van der Waals surface area contributed by atoms with Crippen molar-refractivity contribution in [1.82, 2.24) is 15.1 Å². The van der Waals surface area contributed by atoms with E-state index in [1.165, 1.54) is 0 Å². The molecule has 2 N–H and O–H groups in total. The van der Waals surface area contributed by atoms with Gasteiger partial charge in [0.15, 0.2) is 11.5 Å². The molecule has 1 aromatic heterocycles. The van der Waals surface area contributed by atoms with Crippen LogP contribution < -0.4 is 9.47 Å². The number of aromatic amines is 1. The smallest absolute Gasteiger partial charge is 0.273 e. The van der Waals surface area contributed by atoms with Crippen LogP contribution in [0.2, 0.25) is 0 Å². The molecular weight excluding hydrogens is 446 g/mol. The SMILES string of the molecule is CCCCOc1ccc([C@@H]2c3c(-c4ccccc4O)n[nH]c3C(=O)N2C[C@@H]2CCCO2)cc1OC. The molecule has 2 aliphatic rings. The molecule has 0 saturated carbocycles. The normalized spacial score (nSPS) is 19.3. The van der Waals surface area contributed by atoms with Gasteiger partial charge in [0.25, 0.3) is 5.91 Å². The van der Waals surface area contributed by atoms with Crippen LogP contribution in [0.25, 0.3) is 11.3 Å². The Morgan fingerprint density at radius 2 is 2.09 bits per heavy atom. The average molecular weight is 478 g/mol. The van der Waals surface area contributed by atoms with Gasteiger partial charge in [0.2, 0.25) is 0 Å². The summed E-state index contributed by atoms with van der Waals surface area (Å²) in [5.41, 5.74) is 3.21. The van der Waals surface area contributed by atoms with Crippen molar-refractivity contribution in [3.63, 3.8) is 0 Å². The van der Waals surface area contributed by atoms with E-state index in [2.05, 4.69) is 17.1 Å². The molecule has 2 atom stereocenters. The van der Waals surface area contributed by atoms with Crippen molar-refractivity contribution >= 4 is 5.91 Å². The number of amides is 1. The van der Waals surface area contributed by atoms with E-state index < -0.39 is 6.04 Å². The number of phenols is 1. The fourth-order valence-electron chi connectivity index (χ4n) is 4.92. The quantitative estimate of drug-likeness (QED) is 0.434. The second-order valence-electron chi connectivity index (χ2n) is 8.99. The minimum Gasteiger partial charge on any atom is -0.507 e. The van der Waals surface area contributed by atoms with Gasteiger partial charge >= 0.3 is 0 Å². The minimum absolute atomic E-state index is 0.00876. The first-order chi connectivity index (χ1) is 17.1. The van der Waals surface area contributed by atoms with E-state index in [1.54, 1.807) is 25.3 Å². The van der Waals surface area contributed by atoms with Crippen LogP contribution in [-0.2, 0) is 4.74 Å². The third-order valence-corrected chi connectivity index (χ3v) is 6.71. The molecule has 1 fully saturated rings. The number of H-pyrrole nitrogens is 1. The molecule has 1 amide bonds. The van der Waals surface area contributed by atoms with Crippen molar-refractivity contribution < 1.29 is 24.1 Å². The van der Waals surface area contributed by atoms with Gasteiger partial charge in [0.05, 0.1) is 25.9 Å². The van der Waals surface area contributed by atoms with Crippen LogP contribution in [0, 0.1) is 0 Å². The first kappa shape index (κ1) is 23.2. The molecule has 8 nitrogen and oxygen atoms in total. The van der Waals surface area contributed by atoms with Crippen LogP contribution in [0.15, 0.2) is 42.5 Å². The summed E-state index contributed by atoms with van der Waals surface area (Å²) in [4.78, 5) is 15.4. The highest BCUT2D eigenvalue weighted by molar-refractivity contribution is 6.00. The minimum atomic E-state index is -0.409. The molecule has 5 rings (SSSR count). The summed E-state index contributed by atoms with van der Waals surface area (Å²) in [7, 11) is 1.62. The fourth-order valence-corrected chi connectivity index (χ4v) is 4.92. The second kappa shape index (κ2) is 10.00. The molecule has 0 radical (unpaired) electrons. The number of nitrogens with one attached hydrogen (secondary N) is 1. The number of phenolic OH excluding ortho intramolecular Hbond substituents is 1. The molecular formula is C27H31N3O5. The van der Waals surface area contributed by atoms with E-state index in [9.17, 15) is 9.90 Å². The molecule has 0 unspecified atom stereocenters. The highest BCUT2D eigenvalue weighted by Crippen LogP contribution is 2.46. The van der Waals surface area contributed by atoms with E-state index in [-0.39, 0.29) is 17.8 Å². The Bertz CT molecular complexity index is 1200. The second-order valence-corrected chi connectivity index (χ2v) is 8.99. The number of aromatic hydroxyl groups is 1. The lowest BCUT2D eigenvalue weighted by molar-refractivity contribution is 0.0495. The number of ether oxygens (including phenoxy) is 3. The zero-order chi connectivity index (χ0) is 24.4. The summed E-state index contributed by atoms with van der Waals surface area (Å²) >= 11 is 0. The lowest BCUT2D eigenvalue weighted by Crippen LogP contribution is -2.36. The van der Waals surface area contributed by atoms with Crippen molar-refractivity contribution in [2.75, 3.05) is 26.9 Å². The van der Waals surface area contributed by atoms with Gasteiger partial charge in [-0.2, -0.15) is 5.10 Å². The van der Waals surface area contributed by atoms with Crippen LogP contribution in [-0.4, -0.2) is 59.1 Å². The highest BCUT2D eigenvalue weighted by atomic mass is 16.5. The first-order valence-corrected chi connectivity index (χ1v) is 12.2. The van der Waals surface area contributed by atoms with Crippen LogP contribution in [0.1, 0.15) is 60.3 Å². The summed E-state index contributed by atoms with van der Waals surface area (Å²) in [5.74, 6) is 1.27. The number of hydrogen-bond donors (Lipinski definition) is 2. The van der Waals surface area contributed by atoms with Gasteiger partial charge in [-0.3, -0.25) is 9.89 Å². The monoisotopic (exact) mass is 477 g/mol. The van der Waals surface area contributed by atoms with Gasteiger partial charge in [-0.15, -0.1) is 0 Å². The van der Waals surface area contributed by atoms with Gasteiger partial charge in [0, 0.05) is 24.3 Å². The molecule has 0 spiro atoms. The van der Waals surface area contributed by atoms with Gasteiger partial charge in [-0.05, 0) is 49.1 Å². The number of para-hydroxylation sites is 1. The average Bonchev–Trinajstić information content (AvgIpc) is 3.59. The number of fused-ring (bicyclic) bond motifs is 1. The third kappa shape index (κ3) is 4.34. The van der Waals surface area contributed by atoms with E-state index in [0.29, 0.717) is 48.2 Å². The van der Waals surface area contributed by atoms with E-state index in [0.717, 1.165) is 36.8 Å². The number of carbonyl (C=O) groups is 1. The molecule has 1 saturated heterocycles. The predicted octanol–water partition coefficient (Wildman–Crippen LogP) is 4.69. The Kier molecular flexibility index (Phi) is 6.63. The summed E-state index contributed by atoms with van der Waals surface area (Å²) in [6.07, 6.45) is 3.90. The standard InChI is InChI=1S/C27H31N3O5/c1-3-4-13-35-21-12-11-17(15-22(21)33-2)26-23-24(19-9-5-6-10-20(19)31)28-29-25(23)27(32)30(26)16-18-8-7-14-34-18/h5-6,9-12,15,18,26,31H,3-4,7-8,13-14,16H2,1-2H3,(H,28,29)/t18-,26+/m0/s1. The maximum absolute atomic E-state index is 13.6. The van der Waals surface area contributed by atoms with E-state index in [4.69, 9.17) is 14.2 Å². The molecule has 8 heteroatoms. The largest absolute Gasteiger partial charge is 0.507 e. The predicted molar refractivity (Wildman–Crippen MR) is 131 cm³/mol. The van der Waals surface area contributed by atoms with Gasteiger partial charge in [-0.25, -0.2) is 0 Å². The van der Waals surface area contributed by atoms with E-state index >= 15 is 0 Å². The Balaban J connectivity index is 1.58. The molecule has 3 aromatic rings. The molecule has 35 heavy (non-hydrogen) atoms. The van der Waals surface area contributed by atoms with Crippen molar-refractivity contribution in [2.45, 2.75) is 44.8 Å². The first-order valence-electron chi connectivity index (χ1n) is 12.2. The molecule has 3 heterocycles. The number of benzene rings is 2. The number of aromatic nitrogens is 2. The fraction of sp³-hybridized carbons (Fsp3) is 0.407. The number of rotatable bonds is 9.